The lowest BCUT2D eigenvalue weighted by atomic mass is 9.98. The Balaban J connectivity index is 1.35. The van der Waals surface area contributed by atoms with Gasteiger partial charge in [0.1, 0.15) is 16.9 Å². The molecule has 2 amide bonds. The van der Waals surface area contributed by atoms with Crippen molar-refractivity contribution in [1.82, 2.24) is 5.01 Å². The molecule has 0 spiro atoms. The molecule has 3 aromatic rings. The second-order valence-corrected chi connectivity index (χ2v) is 9.80. The number of carbonyl (C=O) groups excluding carboxylic acids is 2. The van der Waals surface area contributed by atoms with Gasteiger partial charge in [-0.15, -0.1) is 0 Å². The number of thioether (sulfide) groups is 1. The minimum atomic E-state index is -0.716. The predicted octanol–water partition coefficient (Wildman–Crippen LogP) is 5.45. The second-order valence-electron chi connectivity index (χ2n) is 8.63. The fourth-order valence-corrected chi connectivity index (χ4v) is 5.16. The van der Waals surface area contributed by atoms with Gasteiger partial charge in [0.15, 0.2) is 5.17 Å². The maximum Gasteiger partial charge on any atom is 0.262 e. The Labute approximate surface area is 211 Å². The van der Waals surface area contributed by atoms with Gasteiger partial charge in [-0.05, 0) is 54.4 Å². The summed E-state index contributed by atoms with van der Waals surface area (Å²) in [6, 6.07) is 19.3. The molecule has 0 aliphatic carbocycles. The molecule has 0 bridgehead atoms. The molecule has 0 radical (unpaired) electrons. The van der Waals surface area contributed by atoms with E-state index in [4.69, 9.17) is 5.10 Å². The number of hydrogen-bond donors (Lipinski definition) is 1. The molecule has 2 heterocycles. The van der Waals surface area contributed by atoms with E-state index in [0.717, 1.165) is 28.6 Å². The van der Waals surface area contributed by atoms with Crippen LogP contribution in [0.25, 0.3) is 0 Å². The molecule has 0 aromatic heterocycles. The molecule has 1 N–H and O–H groups in total. The van der Waals surface area contributed by atoms with E-state index in [9.17, 15) is 18.4 Å². The van der Waals surface area contributed by atoms with Crippen LogP contribution in [-0.2, 0) is 9.59 Å². The van der Waals surface area contributed by atoms with E-state index < -0.39 is 17.0 Å². The lowest BCUT2D eigenvalue weighted by Crippen LogP contribution is -2.25. The zero-order valence-electron chi connectivity index (χ0n) is 19.3. The first-order valence-corrected chi connectivity index (χ1v) is 12.3. The summed E-state index contributed by atoms with van der Waals surface area (Å²) in [6.45, 7) is 2.00. The number of nitrogens with zero attached hydrogens (tertiary/aromatic N) is 3. The van der Waals surface area contributed by atoms with Crippen molar-refractivity contribution in [3.63, 3.8) is 0 Å². The van der Waals surface area contributed by atoms with Crippen LogP contribution < -0.4 is 5.32 Å². The number of nitrogens with one attached hydrogen (secondary N) is 1. The summed E-state index contributed by atoms with van der Waals surface area (Å²) in [5, 5.41) is 8.75. The number of hydrogen-bond acceptors (Lipinski definition) is 5. The SMILES string of the molecule is Cc1ccc(C2=NN(C3=NC(=O)C(CC(=O)Nc4ccc(F)cc4)S3)C(c3cccc(F)c3)C2)cc1. The van der Waals surface area contributed by atoms with E-state index in [0.29, 0.717) is 22.8 Å². The minimum Gasteiger partial charge on any atom is -0.326 e. The molecular weight excluding hydrogens is 482 g/mol. The number of anilines is 1. The number of amidine groups is 1. The number of aryl methyl sites for hydroxylation is 1. The highest BCUT2D eigenvalue weighted by atomic mass is 32.2. The first-order valence-electron chi connectivity index (χ1n) is 11.4. The number of aliphatic imine (C=N–C) groups is 1. The Morgan fingerprint density at radius 2 is 1.81 bits per heavy atom. The van der Waals surface area contributed by atoms with Crippen molar-refractivity contribution in [2.24, 2.45) is 10.1 Å². The van der Waals surface area contributed by atoms with Crippen LogP contribution in [0.2, 0.25) is 0 Å². The molecule has 2 aliphatic rings. The number of hydrazone groups is 1. The highest BCUT2D eigenvalue weighted by Gasteiger charge is 2.39. The van der Waals surface area contributed by atoms with Gasteiger partial charge in [0.2, 0.25) is 5.91 Å². The second kappa shape index (κ2) is 10.0. The minimum absolute atomic E-state index is 0.0963. The Kier molecular flexibility index (Phi) is 6.65. The molecule has 0 saturated carbocycles. The first kappa shape index (κ1) is 23.9. The van der Waals surface area contributed by atoms with Crippen LogP contribution in [-0.4, -0.2) is 33.0 Å². The van der Waals surface area contributed by atoms with Crippen LogP contribution in [0.4, 0.5) is 14.5 Å². The van der Waals surface area contributed by atoms with Crippen LogP contribution in [0.1, 0.15) is 35.6 Å². The summed E-state index contributed by atoms with van der Waals surface area (Å²) in [7, 11) is 0. The van der Waals surface area contributed by atoms with Crippen LogP contribution in [0.5, 0.6) is 0 Å². The maximum absolute atomic E-state index is 14.0. The van der Waals surface area contributed by atoms with Gasteiger partial charge in [-0.1, -0.05) is 53.7 Å². The molecule has 0 saturated heterocycles. The van der Waals surface area contributed by atoms with Crippen LogP contribution in [0.15, 0.2) is 82.9 Å². The average molecular weight is 505 g/mol. The third kappa shape index (κ3) is 5.21. The Morgan fingerprint density at radius 3 is 2.53 bits per heavy atom. The van der Waals surface area contributed by atoms with E-state index in [1.165, 1.54) is 36.4 Å². The molecule has 2 atom stereocenters. The van der Waals surface area contributed by atoms with Gasteiger partial charge in [-0.2, -0.15) is 10.1 Å². The zero-order valence-corrected chi connectivity index (χ0v) is 20.1. The van der Waals surface area contributed by atoms with Gasteiger partial charge < -0.3 is 5.32 Å². The van der Waals surface area contributed by atoms with Gasteiger partial charge in [0, 0.05) is 18.5 Å². The summed E-state index contributed by atoms with van der Waals surface area (Å²) in [5.41, 5.74) is 4.02. The highest BCUT2D eigenvalue weighted by Crippen LogP contribution is 2.38. The predicted molar refractivity (Wildman–Crippen MR) is 137 cm³/mol. The molecule has 9 heteroatoms. The molecule has 36 heavy (non-hydrogen) atoms. The molecule has 182 valence electrons. The van der Waals surface area contributed by atoms with Gasteiger partial charge in [-0.25, -0.2) is 13.8 Å². The molecule has 2 aliphatic heterocycles. The van der Waals surface area contributed by atoms with Crippen molar-refractivity contribution in [2.45, 2.75) is 31.1 Å². The summed E-state index contributed by atoms with van der Waals surface area (Å²) in [6.07, 6.45) is 0.414. The van der Waals surface area contributed by atoms with E-state index in [2.05, 4.69) is 10.3 Å². The maximum atomic E-state index is 14.0. The van der Waals surface area contributed by atoms with E-state index in [1.807, 2.05) is 37.3 Å². The topological polar surface area (TPSA) is 74.1 Å². The van der Waals surface area contributed by atoms with Gasteiger partial charge in [0.05, 0.1) is 11.8 Å². The number of rotatable bonds is 5. The van der Waals surface area contributed by atoms with Crippen molar-refractivity contribution >= 4 is 40.1 Å². The summed E-state index contributed by atoms with van der Waals surface area (Å²) < 4.78 is 27.2. The van der Waals surface area contributed by atoms with Gasteiger partial charge in [0.25, 0.3) is 5.91 Å². The summed E-state index contributed by atoms with van der Waals surface area (Å²) >= 11 is 1.16. The Morgan fingerprint density at radius 1 is 1.06 bits per heavy atom. The molecular formula is C27H22F2N4O2S. The third-order valence-electron chi connectivity index (χ3n) is 5.95. The van der Waals surface area contributed by atoms with Crippen molar-refractivity contribution in [2.75, 3.05) is 5.32 Å². The van der Waals surface area contributed by atoms with Crippen molar-refractivity contribution in [1.29, 1.82) is 0 Å². The van der Waals surface area contributed by atoms with E-state index in [1.54, 1.807) is 11.1 Å². The van der Waals surface area contributed by atoms with Gasteiger partial charge in [-0.3, -0.25) is 9.59 Å². The van der Waals surface area contributed by atoms with Crippen LogP contribution in [0.3, 0.4) is 0 Å². The first-order chi connectivity index (χ1) is 17.4. The van der Waals surface area contributed by atoms with Crippen molar-refractivity contribution in [3.05, 3.63) is 101 Å². The molecule has 5 rings (SSSR count). The number of amides is 2. The molecule has 3 aromatic carbocycles. The standard InChI is InChI=1S/C27H22F2N4O2S/c1-16-5-7-17(8-6-16)22-14-23(18-3-2-4-20(29)13-18)33(32-22)27-31-26(35)24(36-27)15-25(34)30-21-11-9-19(28)10-12-21/h2-13,23-24H,14-15H2,1H3,(H,30,34). The number of benzene rings is 3. The molecule has 0 fully saturated rings. The monoisotopic (exact) mass is 504 g/mol. The highest BCUT2D eigenvalue weighted by molar-refractivity contribution is 8.15. The molecule has 6 nitrogen and oxygen atoms in total. The van der Waals surface area contributed by atoms with Crippen molar-refractivity contribution < 1.29 is 18.4 Å². The zero-order chi connectivity index (χ0) is 25.2. The Bertz CT molecular complexity index is 1370. The smallest absolute Gasteiger partial charge is 0.262 e. The van der Waals surface area contributed by atoms with E-state index >= 15 is 0 Å². The fourth-order valence-electron chi connectivity index (χ4n) is 4.10. The fraction of sp³-hybridized carbons (Fsp3) is 0.185. The molecule has 2 unspecified atom stereocenters. The van der Waals surface area contributed by atoms with Gasteiger partial charge >= 0.3 is 0 Å². The quantitative estimate of drug-likeness (QED) is 0.501. The largest absolute Gasteiger partial charge is 0.326 e. The number of carbonyl (C=O) groups is 2. The normalized spacial score (nSPS) is 19.3. The lowest BCUT2D eigenvalue weighted by Gasteiger charge is -2.23. The van der Waals surface area contributed by atoms with Crippen LogP contribution in [0, 0.1) is 18.6 Å². The average Bonchev–Trinajstić information content (AvgIpc) is 3.45. The van der Waals surface area contributed by atoms with Crippen LogP contribution >= 0.6 is 11.8 Å². The summed E-state index contributed by atoms with van der Waals surface area (Å²) in [5.74, 6) is -1.57. The number of halogens is 2. The lowest BCUT2D eigenvalue weighted by molar-refractivity contribution is -0.121. The van der Waals surface area contributed by atoms with E-state index in [-0.39, 0.29) is 24.2 Å². The Hall–Kier alpha value is -3.85. The summed E-state index contributed by atoms with van der Waals surface area (Å²) in [4.78, 5) is 29.4. The van der Waals surface area contributed by atoms with Crippen molar-refractivity contribution in [3.8, 4) is 0 Å². The third-order valence-corrected chi connectivity index (χ3v) is 7.09.